The highest BCUT2D eigenvalue weighted by molar-refractivity contribution is 7.18. The van der Waals surface area contributed by atoms with Crippen LogP contribution in [-0.2, 0) is 4.79 Å². The van der Waals surface area contributed by atoms with E-state index in [0.29, 0.717) is 11.6 Å². The van der Waals surface area contributed by atoms with Gasteiger partial charge in [0.1, 0.15) is 11.1 Å². The quantitative estimate of drug-likeness (QED) is 0.707. The molecule has 0 radical (unpaired) electrons. The van der Waals surface area contributed by atoms with E-state index in [4.69, 9.17) is 0 Å². The number of hydrogen-bond acceptors (Lipinski definition) is 5. The topological polar surface area (TPSA) is 82.5 Å². The first-order valence-corrected chi connectivity index (χ1v) is 7.44. The summed E-state index contributed by atoms with van der Waals surface area (Å²) in [5.74, 6) is -0.565. The average molecular weight is 294 g/mol. The van der Waals surface area contributed by atoms with E-state index in [1.165, 1.54) is 11.3 Å². The van der Waals surface area contributed by atoms with Crippen molar-refractivity contribution in [1.29, 1.82) is 0 Å². The molecule has 0 spiro atoms. The number of nitrogens with zero attached hydrogens (tertiary/aromatic N) is 1. The fourth-order valence-corrected chi connectivity index (χ4v) is 2.77. The lowest BCUT2D eigenvalue weighted by molar-refractivity contribution is -0.135. The molecule has 20 heavy (non-hydrogen) atoms. The number of benzene rings is 1. The molecule has 1 aromatic heterocycles. The van der Waals surface area contributed by atoms with E-state index in [-0.39, 0.29) is 0 Å². The van der Waals surface area contributed by atoms with Gasteiger partial charge in [0.15, 0.2) is 6.10 Å². The molecule has 5 nitrogen and oxygen atoms in total. The van der Waals surface area contributed by atoms with Gasteiger partial charge in [-0.1, -0.05) is 25.5 Å². The minimum absolute atomic E-state index is 0.351. The predicted molar refractivity (Wildman–Crippen MR) is 78.5 cm³/mol. The number of para-hydroxylation sites is 1. The minimum Gasteiger partial charge on any atom is -0.383 e. The van der Waals surface area contributed by atoms with Crippen LogP contribution in [0.3, 0.4) is 0 Å². The molecule has 3 N–H and O–H groups in total. The Labute approximate surface area is 121 Å². The molecular weight excluding hydrogens is 276 g/mol. The van der Waals surface area contributed by atoms with E-state index >= 15 is 0 Å². The second-order valence-electron chi connectivity index (χ2n) is 4.55. The number of nitrogens with one attached hydrogen (secondary N) is 1. The van der Waals surface area contributed by atoms with E-state index in [0.717, 1.165) is 23.1 Å². The third-order valence-electron chi connectivity index (χ3n) is 2.96. The summed E-state index contributed by atoms with van der Waals surface area (Å²) in [6.07, 6.45) is -0.992. The van der Waals surface area contributed by atoms with Crippen molar-refractivity contribution in [3.05, 3.63) is 29.3 Å². The SMILES string of the molecule is CCCCNC(=O)C(O)C(O)c1nc2ccccc2s1. The van der Waals surface area contributed by atoms with Gasteiger partial charge in [0, 0.05) is 6.54 Å². The van der Waals surface area contributed by atoms with Gasteiger partial charge in [-0.15, -0.1) is 11.3 Å². The second-order valence-corrected chi connectivity index (χ2v) is 5.62. The van der Waals surface area contributed by atoms with Gasteiger partial charge in [-0.2, -0.15) is 0 Å². The van der Waals surface area contributed by atoms with Gasteiger partial charge in [0.2, 0.25) is 0 Å². The molecule has 108 valence electrons. The lowest BCUT2D eigenvalue weighted by Crippen LogP contribution is -2.38. The fourth-order valence-electron chi connectivity index (χ4n) is 1.79. The third kappa shape index (κ3) is 3.33. The first-order valence-electron chi connectivity index (χ1n) is 6.62. The van der Waals surface area contributed by atoms with Gasteiger partial charge in [-0.05, 0) is 18.6 Å². The molecule has 1 heterocycles. The van der Waals surface area contributed by atoms with Crippen molar-refractivity contribution in [2.24, 2.45) is 0 Å². The lowest BCUT2D eigenvalue weighted by Gasteiger charge is -2.15. The number of fused-ring (bicyclic) bond motifs is 1. The zero-order valence-corrected chi connectivity index (χ0v) is 12.1. The van der Waals surface area contributed by atoms with Crippen LogP contribution in [-0.4, -0.2) is 33.8 Å². The van der Waals surface area contributed by atoms with E-state index in [1.54, 1.807) is 0 Å². The van der Waals surface area contributed by atoms with Gasteiger partial charge < -0.3 is 15.5 Å². The van der Waals surface area contributed by atoms with Gasteiger partial charge >= 0.3 is 0 Å². The maximum absolute atomic E-state index is 11.7. The molecule has 1 amide bonds. The van der Waals surface area contributed by atoms with Crippen molar-refractivity contribution >= 4 is 27.5 Å². The summed E-state index contributed by atoms with van der Waals surface area (Å²) in [7, 11) is 0. The van der Waals surface area contributed by atoms with Crippen molar-refractivity contribution in [2.75, 3.05) is 6.54 Å². The molecule has 0 aliphatic heterocycles. The molecule has 1 aromatic carbocycles. The van der Waals surface area contributed by atoms with Crippen LogP contribution in [0.2, 0.25) is 0 Å². The number of unbranched alkanes of at least 4 members (excludes halogenated alkanes) is 1. The highest BCUT2D eigenvalue weighted by atomic mass is 32.1. The molecular formula is C14H18N2O3S. The summed E-state index contributed by atoms with van der Waals surface area (Å²) < 4.78 is 0.917. The summed E-state index contributed by atoms with van der Waals surface area (Å²) in [4.78, 5) is 15.9. The fraction of sp³-hybridized carbons (Fsp3) is 0.429. The standard InChI is InChI=1S/C14H18N2O3S/c1-2-3-8-15-13(19)11(17)12(18)14-16-9-6-4-5-7-10(9)20-14/h4-7,11-12,17-18H,2-3,8H2,1H3,(H,15,19). The molecule has 0 aliphatic carbocycles. The molecule has 0 saturated heterocycles. The monoisotopic (exact) mass is 294 g/mol. The number of thiazole rings is 1. The minimum atomic E-state index is -1.49. The van der Waals surface area contributed by atoms with Crippen LogP contribution < -0.4 is 5.32 Å². The van der Waals surface area contributed by atoms with Crippen molar-refractivity contribution < 1.29 is 15.0 Å². The Balaban J connectivity index is 2.05. The number of amides is 1. The van der Waals surface area contributed by atoms with Crippen molar-refractivity contribution in [2.45, 2.75) is 32.0 Å². The van der Waals surface area contributed by atoms with Gasteiger partial charge in [0.05, 0.1) is 10.2 Å². The summed E-state index contributed by atoms with van der Waals surface area (Å²) in [5, 5.41) is 22.9. The predicted octanol–water partition coefficient (Wildman–Crippen LogP) is 1.61. The largest absolute Gasteiger partial charge is 0.383 e. The van der Waals surface area contributed by atoms with Crippen LogP contribution in [0.1, 0.15) is 30.9 Å². The first-order chi connectivity index (χ1) is 9.63. The van der Waals surface area contributed by atoms with Gasteiger partial charge in [-0.3, -0.25) is 4.79 Å². The Morgan fingerprint density at radius 1 is 1.40 bits per heavy atom. The average Bonchev–Trinajstić information content (AvgIpc) is 2.89. The number of aliphatic hydroxyl groups is 2. The smallest absolute Gasteiger partial charge is 0.252 e. The Morgan fingerprint density at radius 3 is 2.85 bits per heavy atom. The summed E-state index contributed by atoms with van der Waals surface area (Å²) >= 11 is 1.28. The lowest BCUT2D eigenvalue weighted by atomic mass is 10.2. The van der Waals surface area contributed by atoms with Crippen LogP contribution in [0.4, 0.5) is 0 Å². The molecule has 2 unspecified atom stereocenters. The number of rotatable bonds is 6. The molecule has 0 fully saturated rings. The Kier molecular flexibility index (Phi) is 5.05. The van der Waals surface area contributed by atoms with E-state index in [1.807, 2.05) is 31.2 Å². The van der Waals surface area contributed by atoms with Gasteiger partial charge in [-0.25, -0.2) is 4.98 Å². The van der Waals surface area contributed by atoms with E-state index in [2.05, 4.69) is 10.3 Å². The Hall–Kier alpha value is -1.50. The summed E-state index contributed by atoms with van der Waals surface area (Å²) in [6.45, 7) is 2.51. The third-order valence-corrected chi connectivity index (χ3v) is 4.07. The normalized spacial score (nSPS) is 14.2. The molecule has 0 bridgehead atoms. The Bertz CT molecular complexity index is 552. The number of aromatic nitrogens is 1. The zero-order chi connectivity index (χ0) is 14.5. The van der Waals surface area contributed by atoms with Gasteiger partial charge in [0.25, 0.3) is 5.91 Å². The van der Waals surface area contributed by atoms with Crippen molar-refractivity contribution in [1.82, 2.24) is 10.3 Å². The number of carbonyl (C=O) groups excluding carboxylic acids is 1. The molecule has 2 rings (SSSR count). The second kappa shape index (κ2) is 6.78. The summed E-state index contributed by atoms with van der Waals surface area (Å²) in [5.41, 5.74) is 0.755. The maximum atomic E-state index is 11.7. The maximum Gasteiger partial charge on any atom is 0.252 e. The molecule has 0 saturated carbocycles. The molecule has 0 aliphatic rings. The van der Waals surface area contributed by atoms with E-state index in [9.17, 15) is 15.0 Å². The first kappa shape index (κ1) is 14.9. The van der Waals surface area contributed by atoms with Crippen molar-refractivity contribution in [3.63, 3.8) is 0 Å². The highest BCUT2D eigenvalue weighted by Gasteiger charge is 2.27. The van der Waals surface area contributed by atoms with E-state index < -0.39 is 18.1 Å². The highest BCUT2D eigenvalue weighted by Crippen LogP contribution is 2.27. The molecule has 6 heteroatoms. The summed E-state index contributed by atoms with van der Waals surface area (Å²) in [6, 6.07) is 7.45. The zero-order valence-electron chi connectivity index (χ0n) is 11.2. The number of hydrogen-bond donors (Lipinski definition) is 3. The van der Waals surface area contributed by atoms with Crippen LogP contribution in [0.15, 0.2) is 24.3 Å². The van der Waals surface area contributed by atoms with Crippen LogP contribution in [0.5, 0.6) is 0 Å². The molecule has 2 atom stereocenters. The number of aliphatic hydroxyl groups excluding tert-OH is 2. The Morgan fingerprint density at radius 2 is 2.15 bits per heavy atom. The van der Waals surface area contributed by atoms with Crippen molar-refractivity contribution in [3.8, 4) is 0 Å². The number of carbonyl (C=O) groups is 1. The van der Waals surface area contributed by atoms with Crippen LogP contribution in [0.25, 0.3) is 10.2 Å². The van der Waals surface area contributed by atoms with Crippen LogP contribution >= 0.6 is 11.3 Å². The van der Waals surface area contributed by atoms with Crippen LogP contribution in [0, 0.1) is 0 Å². The molecule has 2 aromatic rings.